The first-order valence-electron chi connectivity index (χ1n) is 11.8. The number of aromatic nitrogens is 2. The van der Waals surface area contributed by atoms with E-state index in [4.69, 9.17) is 11.6 Å². The summed E-state index contributed by atoms with van der Waals surface area (Å²) in [4.78, 5) is 25.5. The molecule has 0 spiro atoms. The van der Waals surface area contributed by atoms with Crippen molar-refractivity contribution in [2.24, 2.45) is 29.1 Å². The van der Waals surface area contributed by atoms with Crippen LogP contribution in [0.1, 0.15) is 40.0 Å². The highest BCUT2D eigenvalue weighted by molar-refractivity contribution is 7.94. The fraction of sp³-hybridized carbons (Fsp3) is 0.696. The predicted octanol–water partition coefficient (Wildman–Crippen LogP) is 1.99. The van der Waals surface area contributed by atoms with E-state index in [0.29, 0.717) is 41.8 Å². The van der Waals surface area contributed by atoms with Gasteiger partial charge in [0.25, 0.3) is 5.56 Å². The van der Waals surface area contributed by atoms with Gasteiger partial charge in [0.2, 0.25) is 5.91 Å². The zero-order valence-electron chi connectivity index (χ0n) is 20.1. The predicted molar refractivity (Wildman–Crippen MR) is 132 cm³/mol. The average Bonchev–Trinajstić information content (AvgIpc) is 2.77. The third kappa shape index (κ3) is 4.71. The molecule has 2 heterocycles. The van der Waals surface area contributed by atoms with Gasteiger partial charge in [-0.1, -0.05) is 32.4 Å². The largest absolute Gasteiger partial charge is 0.390 e. The Morgan fingerprint density at radius 3 is 2.74 bits per heavy atom. The van der Waals surface area contributed by atoms with Crippen LogP contribution in [-0.4, -0.2) is 49.5 Å². The van der Waals surface area contributed by atoms with E-state index < -0.39 is 21.3 Å². The second kappa shape index (κ2) is 9.18. The van der Waals surface area contributed by atoms with Gasteiger partial charge in [-0.3, -0.25) is 9.59 Å². The molecule has 5 rings (SSSR count). The number of carbonyl (C=O) groups is 1. The number of hydrogen-bond acceptors (Lipinski definition) is 7. The normalized spacial score (nSPS) is 29.9. The lowest BCUT2D eigenvalue weighted by molar-refractivity contribution is -0.122. The number of nitrogens with one attached hydrogen (secondary N) is 3. The molecule has 1 aromatic rings. The molecule has 188 valence electrons. The SMILES string of the molecule is C[C@H]1[C@H](Nc2cnn(CC(=O)NCC3CCNC=C3S(C)(=O)=O)c(=O)c2Cl)C[C@H]2C[C@@H]1C2(C)C. The van der Waals surface area contributed by atoms with Crippen LogP contribution in [0.5, 0.6) is 0 Å². The van der Waals surface area contributed by atoms with Crippen LogP contribution in [0.3, 0.4) is 0 Å². The van der Waals surface area contributed by atoms with Crippen molar-refractivity contribution in [3.05, 3.63) is 32.7 Å². The molecule has 1 aromatic heterocycles. The highest BCUT2D eigenvalue weighted by atomic mass is 35.5. The molecule has 1 amide bonds. The molecule has 5 atom stereocenters. The Kier molecular flexibility index (Phi) is 6.76. The van der Waals surface area contributed by atoms with Crippen LogP contribution >= 0.6 is 11.6 Å². The molecule has 9 nitrogen and oxygen atoms in total. The van der Waals surface area contributed by atoms with Crippen molar-refractivity contribution in [2.45, 2.75) is 52.6 Å². The first-order valence-corrected chi connectivity index (χ1v) is 14.1. The maximum atomic E-state index is 12.8. The molecule has 0 radical (unpaired) electrons. The second-order valence-corrected chi connectivity index (χ2v) is 13.0. The number of amides is 1. The van der Waals surface area contributed by atoms with Crippen LogP contribution in [0, 0.1) is 29.1 Å². The number of rotatable bonds is 7. The summed E-state index contributed by atoms with van der Waals surface area (Å²) in [5.41, 5.74) is 0.328. The second-order valence-electron chi connectivity index (χ2n) is 10.6. The van der Waals surface area contributed by atoms with Crippen molar-refractivity contribution in [3.8, 4) is 0 Å². The number of nitrogens with zero attached hydrogens (tertiary/aromatic N) is 2. The minimum atomic E-state index is -3.37. The number of carbonyl (C=O) groups excluding carboxylic acids is 1. The fourth-order valence-corrected chi connectivity index (χ4v) is 7.26. The van der Waals surface area contributed by atoms with Gasteiger partial charge in [0.1, 0.15) is 11.6 Å². The van der Waals surface area contributed by atoms with E-state index in [-0.39, 0.29) is 35.0 Å². The molecule has 1 aliphatic heterocycles. The van der Waals surface area contributed by atoms with Crippen molar-refractivity contribution in [1.82, 2.24) is 20.4 Å². The summed E-state index contributed by atoms with van der Waals surface area (Å²) < 4.78 is 25.0. The lowest BCUT2D eigenvalue weighted by atomic mass is 9.45. The summed E-state index contributed by atoms with van der Waals surface area (Å²) in [5.74, 6) is 1.04. The Labute approximate surface area is 205 Å². The highest BCUT2D eigenvalue weighted by Crippen LogP contribution is 2.61. The van der Waals surface area contributed by atoms with E-state index in [1.165, 1.54) is 18.8 Å². The summed E-state index contributed by atoms with van der Waals surface area (Å²) in [6.45, 7) is 7.42. The molecule has 3 aliphatic carbocycles. The van der Waals surface area contributed by atoms with E-state index in [1.54, 1.807) is 0 Å². The molecule has 4 aliphatic rings. The summed E-state index contributed by atoms with van der Waals surface area (Å²) >= 11 is 6.37. The third-order valence-corrected chi connectivity index (χ3v) is 9.90. The quantitative estimate of drug-likeness (QED) is 0.511. The molecule has 2 bridgehead atoms. The van der Waals surface area contributed by atoms with Crippen molar-refractivity contribution in [3.63, 3.8) is 0 Å². The van der Waals surface area contributed by atoms with Crippen molar-refractivity contribution >= 4 is 33.0 Å². The Bertz CT molecular complexity index is 1160. The molecule has 0 aromatic carbocycles. The maximum Gasteiger partial charge on any atom is 0.288 e. The zero-order valence-corrected chi connectivity index (χ0v) is 21.7. The number of hydrogen-bond donors (Lipinski definition) is 3. The van der Waals surface area contributed by atoms with E-state index >= 15 is 0 Å². The van der Waals surface area contributed by atoms with Gasteiger partial charge in [-0.15, -0.1) is 0 Å². The number of fused-ring (bicyclic) bond motifs is 2. The summed E-state index contributed by atoms with van der Waals surface area (Å²) in [6.07, 6.45) is 7.03. The Morgan fingerprint density at radius 2 is 2.09 bits per heavy atom. The van der Waals surface area contributed by atoms with Gasteiger partial charge in [0.15, 0.2) is 9.84 Å². The smallest absolute Gasteiger partial charge is 0.288 e. The van der Waals surface area contributed by atoms with Gasteiger partial charge in [0, 0.05) is 37.5 Å². The molecule has 3 N–H and O–H groups in total. The fourth-order valence-electron chi connectivity index (χ4n) is 5.95. The van der Waals surface area contributed by atoms with E-state index in [0.717, 1.165) is 17.4 Å². The van der Waals surface area contributed by atoms with Crippen molar-refractivity contribution in [2.75, 3.05) is 24.7 Å². The van der Waals surface area contributed by atoms with Crippen LogP contribution in [0.25, 0.3) is 0 Å². The van der Waals surface area contributed by atoms with Gasteiger partial charge in [-0.05, 0) is 42.4 Å². The average molecular weight is 512 g/mol. The topological polar surface area (TPSA) is 122 Å². The summed E-state index contributed by atoms with van der Waals surface area (Å²) in [7, 11) is -3.37. The maximum absolute atomic E-state index is 12.8. The molecule has 34 heavy (non-hydrogen) atoms. The Morgan fingerprint density at radius 1 is 1.35 bits per heavy atom. The van der Waals surface area contributed by atoms with Gasteiger partial charge in [-0.25, -0.2) is 13.1 Å². The van der Waals surface area contributed by atoms with Crippen LogP contribution < -0.4 is 21.5 Å². The number of halogens is 1. The van der Waals surface area contributed by atoms with Crippen LogP contribution in [-0.2, 0) is 21.2 Å². The molecular formula is C23H34ClN5O4S. The van der Waals surface area contributed by atoms with Gasteiger partial charge in [0.05, 0.1) is 16.8 Å². The van der Waals surface area contributed by atoms with Gasteiger partial charge >= 0.3 is 0 Å². The van der Waals surface area contributed by atoms with E-state index in [9.17, 15) is 18.0 Å². The molecule has 11 heteroatoms. The first kappa shape index (κ1) is 25.0. The summed E-state index contributed by atoms with van der Waals surface area (Å²) in [5, 5.41) is 13.3. The minimum Gasteiger partial charge on any atom is -0.390 e. The van der Waals surface area contributed by atoms with E-state index in [1.807, 2.05) is 0 Å². The van der Waals surface area contributed by atoms with Crippen LogP contribution in [0.4, 0.5) is 5.69 Å². The number of sulfone groups is 1. The molecule has 3 fully saturated rings. The molecule has 1 unspecified atom stereocenters. The minimum absolute atomic E-state index is 0.0224. The molecule has 0 saturated heterocycles. The van der Waals surface area contributed by atoms with E-state index in [2.05, 4.69) is 41.8 Å². The monoisotopic (exact) mass is 511 g/mol. The standard InChI is InChI=1S/C23H34ClN5O4S/c1-13-16-7-15(23(16,2)3)8-17(13)28-18-10-27-29(22(31)21(18)24)12-20(30)26-9-14-5-6-25-11-19(14)34(4,32)33/h10-11,13-17,25,28H,5-9,12H2,1-4H3,(H,26,30)/t13-,14?,15-,16+,17-/m1/s1. The number of anilines is 1. The van der Waals surface area contributed by atoms with Gasteiger partial charge in [-0.2, -0.15) is 5.10 Å². The Hall–Kier alpha value is -2.07. The molecular weight excluding hydrogens is 478 g/mol. The zero-order chi connectivity index (χ0) is 24.8. The first-order chi connectivity index (χ1) is 15.9. The Balaban J connectivity index is 1.37. The highest BCUT2D eigenvalue weighted by Gasteiger charge is 2.56. The lowest BCUT2D eigenvalue weighted by Gasteiger charge is -2.62. The van der Waals surface area contributed by atoms with Crippen molar-refractivity contribution in [1.29, 1.82) is 0 Å². The van der Waals surface area contributed by atoms with Crippen molar-refractivity contribution < 1.29 is 13.2 Å². The summed E-state index contributed by atoms with van der Waals surface area (Å²) in [6, 6.07) is 0.233. The van der Waals surface area contributed by atoms with Gasteiger partial charge < -0.3 is 16.0 Å². The van der Waals surface area contributed by atoms with Crippen LogP contribution in [0.15, 0.2) is 22.1 Å². The lowest BCUT2D eigenvalue weighted by Crippen LogP contribution is -2.58. The van der Waals surface area contributed by atoms with Crippen LogP contribution in [0.2, 0.25) is 5.02 Å². The third-order valence-electron chi connectivity index (χ3n) is 8.23. The molecule has 3 saturated carbocycles.